The normalized spacial score (nSPS) is 11.1. The van der Waals surface area contributed by atoms with E-state index in [0.29, 0.717) is 11.4 Å². The van der Waals surface area contributed by atoms with Crippen LogP contribution < -0.4 is 14.1 Å². The first-order valence-corrected chi connectivity index (χ1v) is 5.12. The molecule has 14 heavy (non-hydrogen) atoms. The van der Waals surface area contributed by atoms with E-state index in [2.05, 4.69) is 14.3 Å². The van der Waals surface area contributed by atoms with Gasteiger partial charge in [0, 0.05) is 5.56 Å². The highest BCUT2D eigenvalue weighted by Gasteiger charge is 2.07. The third-order valence-corrected chi connectivity index (χ3v) is 1.84. The maximum Gasteiger partial charge on any atom is 0.380 e. The Morgan fingerprint density at radius 2 is 2.14 bits per heavy atom. The van der Waals surface area contributed by atoms with E-state index in [1.165, 1.54) is 19.4 Å². The van der Waals surface area contributed by atoms with E-state index in [0.717, 1.165) is 0 Å². The lowest BCUT2D eigenvalue weighted by Crippen LogP contribution is -2.19. The highest BCUT2D eigenvalue weighted by molar-refractivity contribution is 7.84. The molecule has 0 aliphatic rings. The lowest BCUT2D eigenvalue weighted by Gasteiger charge is -2.05. The van der Waals surface area contributed by atoms with Crippen molar-refractivity contribution in [1.29, 1.82) is 0 Å². The Kier molecular flexibility index (Phi) is 2.92. The van der Waals surface area contributed by atoms with Crippen LogP contribution in [-0.4, -0.2) is 20.5 Å². The minimum Gasteiger partial charge on any atom is -0.481 e. The van der Waals surface area contributed by atoms with Gasteiger partial charge in [0.05, 0.1) is 13.3 Å². The SMILES string of the molecule is COc1ncc(OS(N)(=O)=O)cc1C. The van der Waals surface area contributed by atoms with Crippen LogP contribution in [0.1, 0.15) is 5.56 Å². The van der Waals surface area contributed by atoms with Crippen LogP contribution in [0.4, 0.5) is 0 Å². The molecule has 0 spiro atoms. The van der Waals surface area contributed by atoms with Crippen LogP contribution in [0.2, 0.25) is 0 Å². The Morgan fingerprint density at radius 1 is 1.50 bits per heavy atom. The third-order valence-electron chi connectivity index (χ3n) is 1.41. The Morgan fingerprint density at radius 3 is 2.57 bits per heavy atom. The largest absolute Gasteiger partial charge is 0.481 e. The summed E-state index contributed by atoms with van der Waals surface area (Å²) in [7, 11) is -2.53. The van der Waals surface area contributed by atoms with Crippen molar-refractivity contribution in [3.8, 4) is 11.6 Å². The van der Waals surface area contributed by atoms with Crippen molar-refractivity contribution in [2.24, 2.45) is 5.14 Å². The van der Waals surface area contributed by atoms with Gasteiger partial charge in [-0.05, 0) is 13.0 Å². The molecule has 0 saturated carbocycles. The summed E-state index contributed by atoms with van der Waals surface area (Å²) in [5, 5.41) is 4.68. The lowest BCUT2D eigenvalue weighted by atomic mass is 10.3. The van der Waals surface area contributed by atoms with Gasteiger partial charge in [-0.25, -0.2) is 4.98 Å². The monoisotopic (exact) mass is 218 g/mol. The molecule has 0 aliphatic heterocycles. The Labute approximate surface area is 81.9 Å². The van der Waals surface area contributed by atoms with E-state index < -0.39 is 10.3 Å². The Bertz CT molecular complexity index is 429. The van der Waals surface area contributed by atoms with Gasteiger partial charge in [-0.1, -0.05) is 0 Å². The second-order valence-corrected chi connectivity index (χ2v) is 3.73. The molecule has 0 fully saturated rings. The zero-order valence-electron chi connectivity index (χ0n) is 7.72. The van der Waals surface area contributed by atoms with Crippen molar-refractivity contribution >= 4 is 10.3 Å². The smallest absolute Gasteiger partial charge is 0.380 e. The van der Waals surface area contributed by atoms with Gasteiger partial charge in [0.1, 0.15) is 0 Å². The Hall–Kier alpha value is -1.34. The van der Waals surface area contributed by atoms with Crippen LogP contribution in [-0.2, 0) is 10.3 Å². The van der Waals surface area contributed by atoms with E-state index in [9.17, 15) is 8.42 Å². The van der Waals surface area contributed by atoms with Crippen molar-refractivity contribution in [3.63, 3.8) is 0 Å². The zero-order chi connectivity index (χ0) is 10.8. The van der Waals surface area contributed by atoms with Crippen LogP contribution in [0.5, 0.6) is 11.6 Å². The molecule has 6 nitrogen and oxygen atoms in total. The minimum absolute atomic E-state index is 0.0609. The molecule has 7 heteroatoms. The summed E-state index contributed by atoms with van der Waals surface area (Å²) in [6, 6.07) is 1.47. The van der Waals surface area contributed by atoms with E-state index in [4.69, 9.17) is 4.74 Å². The van der Waals surface area contributed by atoms with Gasteiger partial charge in [0.25, 0.3) is 0 Å². The fraction of sp³-hybridized carbons (Fsp3) is 0.286. The summed E-state index contributed by atoms with van der Waals surface area (Å²) >= 11 is 0. The molecule has 0 bridgehead atoms. The molecule has 78 valence electrons. The molecule has 0 saturated heterocycles. The van der Waals surface area contributed by atoms with Crippen molar-refractivity contribution in [1.82, 2.24) is 4.98 Å². The number of methoxy groups -OCH3 is 1. The van der Waals surface area contributed by atoms with Gasteiger partial charge >= 0.3 is 10.3 Å². The molecule has 1 rings (SSSR count). The number of ether oxygens (including phenoxy) is 1. The number of rotatable bonds is 3. The molecule has 2 N–H and O–H groups in total. The van der Waals surface area contributed by atoms with Crippen LogP contribution in [0, 0.1) is 6.92 Å². The predicted octanol–water partition coefficient (Wildman–Crippen LogP) is -0.0191. The molecule has 0 unspecified atom stereocenters. The molecule has 1 aromatic rings. The van der Waals surface area contributed by atoms with E-state index in [1.807, 2.05) is 0 Å². The quantitative estimate of drug-likeness (QED) is 0.769. The van der Waals surface area contributed by atoms with Crippen LogP contribution in [0.25, 0.3) is 0 Å². The molecule has 0 aromatic carbocycles. The molecule has 0 atom stereocenters. The lowest BCUT2D eigenvalue weighted by molar-refractivity contribution is 0.392. The highest BCUT2D eigenvalue weighted by Crippen LogP contribution is 2.19. The van der Waals surface area contributed by atoms with Crippen LogP contribution >= 0.6 is 0 Å². The number of nitrogens with two attached hydrogens (primary N) is 1. The third kappa shape index (κ3) is 2.86. The number of aromatic nitrogens is 1. The van der Waals surface area contributed by atoms with E-state index >= 15 is 0 Å². The predicted molar refractivity (Wildman–Crippen MR) is 49.3 cm³/mol. The maximum absolute atomic E-state index is 10.6. The minimum atomic E-state index is -3.99. The molecule has 0 aliphatic carbocycles. The van der Waals surface area contributed by atoms with Gasteiger partial charge in [0.15, 0.2) is 5.75 Å². The molecule has 1 heterocycles. The van der Waals surface area contributed by atoms with E-state index in [-0.39, 0.29) is 5.75 Å². The fourth-order valence-electron chi connectivity index (χ4n) is 0.930. The first kappa shape index (κ1) is 10.7. The van der Waals surface area contributed by atoms with E-state index in [1.54, 1.807) is 6.92 Å². The van der Waals surface area contributed by atoms with Crippen LogP contribution in [0.15, 0.2) is 12.3 Å². The maximum atomic E-state index is 10.6. The second kappa shape index (κ2) is 3.81. The fourth-order valence-corrected chi connectivity index (χ4v) is 1.29. The van der Waals surface area contributed by atoms with Crippen molar-refractivity contribution in [3.05, 3.63) is 17.8 Å². The van der Waals surface area contributed by atoms with Crippen molar-refractivity contribution < 1.29 is 17.3 Å². The Balaban J connectivity index is 2.98. The van der Waals surface area contributed by atoms with Crippen LogP contribution in [0.3, 0.4) is 0 Å². The summed E-state index contributed by atoms with van der Waals surface area (Å²) in [4.78, 5) is 3.81. The molecular formula is C7H10N2O4S. The topological polar surface area (TPSA) is 91.5 Å². The van der Waals surface area contributed by atoms with Gasteiger partial charge < -0.3 is 8.92 Å². The molecular weight excluding hydrogens is 208 g/mol. The number of hydrogen-bond donors (Lipinski definition) is 1. The summed E-state index contributed by atoms with van der Waals surface area (Å²) in [5.41, 5.74) is 0.661. The number of nitrogens with zero attached hydrogens (tertiary/aromatic N) is 1. The first-order chi connectivity index (χ1) is 6.42. The number of hydrogen-bond acceptors (Lipinski definition) is 5. The second-order valence-electron chi connectivity index (χ2n) is 2.57. The standard InChI is InChI=1S/C7H10N2O4S/c1-5-3-6(13-14(8,10)11)4-9-7(5)12-2/h3-4H,1-2H3,(H2,8,10,11). The van der Waals surface area contributed by atoms with Gasteiger partial charge in [-0.3, -0.25) is 0 Å². The van der Waals surface area contributed by atoms with Crippen molar-refractivity contribution in [2.75, 3.05) is 7.11 Å². The molecule has 0 radical (unpaired) electrons. The van der Waals surface area contributed by atoms with Gasteiger partial charge in [0.2, 0.25) is 5.88 Å². The average molecular weight is 218 g/mol. The van der Waals surface area contributed by atoms with Gasteiger partial charge in [-0.2, -0.15) is 13.6 Å². The summed E-state index contributed by atoms with van der Waals surface area (Å²) < 4.78 is 30.4. The summed E-state index contributed by atoms with van der Waals surface area (Å²) in [6.07, 6.45) is 1.22. The molecule has 0 amide bonds. The molecule has 1 aromatic heterocycles. The van der Waals surface area contributed by atoms with Crippen molar-refractivity contribution in [2.45, 2.75) is 6.92 Å². The number of aryl methyl sites for hydroxylation is 1. The number of pyridine rings is 1. The highest BCUT2D eigenvalue weighted by atomic mass is 32.2. The summed E-state index contributed by atoms with van der Waals surface area (Å²) in [5.74, 6) is 0.470. The van der Waals surface area contributed by atoms with Gasteiger partial charge in [-0.15, -0.1) is 0 Å². The zero-order valence-corrected chi connectivity index (χ0v) is 8.54. The summed E-state index contributed by atoms with van der Waals surface area (Å²) in [6.45, 7) is 1.71. The average Bonchev–Trinajstić information content (AvgIpc) is 2.01. The first-order valence-electron chi connectivity index (χ1n) is 3.65.